The van der Waals surface area contributed by atoms with Crippen LogP contribution in [0, 0.1) is 23.2 Å². The van der Waals surface area contributed by atoms with Gasteiger partial charge in [-0.1, -0.05) is 33.1 Å². The Bertz CT molecular complexity index is 652. The Morgan fingerprint density at radius 3 is 2.46 bits per heavy atom. The molecule has 0 radical (unpaired) electrons. The van der Waals surface area contributed by atoms with Crippen molar-refractivity contribution < 1.29 is 18.9 Å². The maximum absolute atomic E-state index is 12.7. The summed E-state index contributed by atoms with van der Waals surface area (Å²) in [7, 11) is -0.403. The second-order valence-corrected chi connectivity index (χ2v) is 10.4. The van der Waals surface area contributed by atoms with Crippen LogP contribution in [0.3, 0.4) is 0 Å². The van der Waals surface area contributed by atoms with E-state index < -0.39 is 13.2 Å². The fourth-order valence-electron chi connectivity index (χ4n) is 6.07. The molecule has 5 aliphatic rings. The molecule has 6 atom stereocenters. The van der Waals surface area contributed by atoms with Crippen molar-refractivity contribution in [3.63, 3.8) is 0 Å². The number of hydrogen-bond donors (Lipinski definition) is 2. The summed E-state index contributed by atoms with van der Waals surface area (Å²) in [6.07, 6.45) is 6.93. The van der Waals surface area contributed by atoms with Crippen LogP contribution in [0.15, 0.2) is 0 Å². The molecule has 2 amide bonds. The van der Waals surface area contributed by atoms with Crippen LogP contribution in [0.1, 0.15) is 73.1 Å². The number of carbonyl (C=O) groups excluding carboxylic acids is 2. The summed E-state index contributed by atoms with van der Waals surface area (Å²) in [6, 6.07) is -0.563. The molecule has 5 fully saturated rings. The van der Waals surface area contributed by atoms with Crippen molar-refractivity contribution in [3.05, 3.63) is 0 Å². The Morgan fingerprint density at radius 1 is 1.18 bits per heavy atom. The van der Waals surface area contributed by atoms with Gasteiger partial charge in [0.15, 0.2) is 0 Å². The van der Waals surface area contributed by atoms with Gasteiger partial charge in [0, 0.05) is 6.92 Å². The van der Waals surface area contributed by atoms with E-state index >= 15 is 0 Å². The van der Waals surface area contributed by atoms with Gasteiger partial charge in [0.05, 0.1) is 17.6 Å². The van der Waals surface area contributed by atoms with Crippen molar-refractivity contribution in [2.24, 2.45) is 23.2 Å². The predicted molar refractivity (Wildman–Crippen MR) is 107 cm³/mol. The SMILES string of the molecule is CC(=O)NC(C)C(=O)N[C@@H](CC1CCC1)B1O[C@@H]2C[C@@H]3C[C@@H](C3(C)C)[C@]2(C)O1. The van der Waals surface area contributed by atoms with Crippen LogP contribution in [0.25, 0.3) is 0 Å². The highest BCUT2D eigenvalue weighted by Crippen LogP contribution is 2.65. The molecule has 0 spiro atoms. The van der Waals surface area contributed by atoms with E-state index in [0.29, 0.717) is 23.2 Å². The van der Waals surface area contributed by atoms with Crippen LogP contribution in [0.5, 0.6) is 0 Å². The van der Waals surface area contributed by atoms with Gasteiger partial charge in [-0.15, -0.1) is 0 Å². The van der Waals surface area contributed by atoms with Crippen molar-refractivity contribution in [1.29, 1.82) is 0 Å². The fraction of sp³-hybridized carbons (Fsp3) is 0.905. The number of nitrogens with one attached hydrogen (secondary N) is 2. The fourth-order valence-corrected chi connectivity index (χ4v) is 6.07. The maximum Gasteiger partial charge on any atom is 0.481 e. The third kappa shape index (κ3) is 3.28. The Labute approximate surface area is 169 Å². The van der Waals surface area contributed by atoms with Crippen molar-refractivity contribution in [3.8, 4) is 0 Å². The van der Waals surface area contributed by atoms with Gasteiger partial charge in [0.25, 0.3) is 0 Å². The molecule has 5 rings (SSSR count). The summed E-state index contributed by atoms with van der Waals surface area (Å²) in [5.41, 5.74) is 0.0326. The van der Waals surface area contributed by atoms with E-state index in [9.17, 15) is 9.59 Å². The lowest BCUT2D eigenvalue weighted by Crippen LogP contribution is -2.65. The highest BCUT2D eigenvalue weighted by molar-refractivity contribution is 6.47. The van der Waals surface area contributed by atoms with Crippen LogP contribution < -0.4 is 10.6 Å². The van der Waals surface area contributed by atoms with E-state index in [1.807, 2.05) is 0 Å². The minimum Gasteiger partial charge on any atom is -0.404 e. The molecule has 1 saturated heterocycles. The van der Waals surface area contributed by atoms with Crippen LogP contribution in [0.2, 0.25) is 0 Å². The third-order valence-corrected chi connectivity index (χ3v) is 8.25. The topological polar surface area (TPSA) is 76.7 Å². The van der Waals surface area contributed by atoms with E-state index in [4.69, 9.17) is 9.31 Å². The van der Waals surface area contributed by atoms with Gasteiger partial charge in [-0.3, -0.25) is 9.59 Å². The molecule has 6 nitrogen and oxygen atoms in total. The average Bonchev–Trinajstić information content (AvgIpc) is 2.92. The van der Waals surface area contributed by atoms with Gasteiger partial charge in [0.1, 0.15) is 6.04 Å². The Hall–Kier alpha value is -1.08. The average molecular weight is 390 g/mol. The van der Waals surface area contributed by atoms with Crippen molar-refractivity contribution in [2.75, 3.05) is 0 Å². The maximum atomic E-state index is 12.7. The summed E-state index contributed by atoms with van der Waals surface area (Å²) in [6.45, 7) is 10.1. The Balaban J connectivity index is 1.46. The first-order valence-electron chi connectivity index (χ1n) is 11.0. The molecule has 2 bridgehead atoms. The van der Waals surface area contributed by atoms with Crippen LogP contribution >= 0.6 is 0 Å². The summed E-state index contributed by atoms with van der Waals surface area (Å²) in [4.78, 5) is 24.0. The van der Waals surface area contributed by atoms with E-state index in [1.54, 1.807) is 6.92 Å². The molecule has 0 aromatic rings. The molecule has 156 valence electrons. The lowest BCUT2D eigenvalue weighted by Gasteiger charge is -2.64. The first-order chi connectivity index (χ1) is 13.1. The van der Waals surface area contributed by atoms with Crippen LogP contribution in [-0.2, 0) is 18.9 Å². The van der Waals surface area contributed by atoms with Crippen molar-refractivity contribution in [1.82, 2.24) is 10.6 Å². The quantitative estimate of drug-likeness (QED) is 0.683. The van der Waals surface area contributed by atoms with E-state index in [0.717, 1.165) is 12.8 Å². The standard InChI is InChI=1S/C21H35BN2O4/c1-12(23-13(2)25)19(26)24-18(9-14-7-6-8-14)22-27-17-11-15-10-16(20(15,3)4)21(17,5)28-22/h12,14-18H,6-11H2,1-5H3,(H,23,25)(H,24,26)/t12?,15-,16-,17+,18-,21-/m0/s1. The van der Waals surface area contributed by atoms with E-state index in [2.05, 4.69) is 31.4 Å². The van der Waals surface area contributed by atoms with Gasteiger partial charge in [-0.25, -0.2) is 0 Å². The van der Waals surface area contributed by atoms with Crippen LogP contribution in [-0.4, -0.2) is 42.6 Å². The monoisotopic (exact) mass is 390 g/mol. The van der Waals surface area contributed by atoms with Gasteiger partial charge in [0.2, 0.25) is 11.8 Å². The van der Waals surface area contributed by atoms with Crippen LogP contribution in [0.4, 0.5) is 0 Å². The zero-order valence-corrected chi connectivity index (χ0v) is 17.9. The minimum atomic E-state index is -0.563. The predicted octanol–water partition coefficient (Wildman–Crippen LogP) is 2.45. The molecule has 1 unspecified atom stereocenters. The molecule has 1 heterocycles. The number of hydrogen-bond acceptors (Lipinski definition) is 4. The second-order valence-electron chi connectivity index (χ2n) is 10.4. The molecule has 28 heavy (non-hydrogen) atoms. The molecule has 0 aromatic carbocycles. The zero-order chi connectivity index (χ0) is 20.3. The molecular weight excluding hydrogens is 355 g/mol. The highest BCUT2D eigenvalue weighted by Gasteiger charge is 2.68. The summed E-state index contributed by atoms with van der Waals surface area (Å²) < 4.78 is 13.0. The highest BCUT2D eigenvalue weighted by atomic mass is 16.7. The normalized spacial score (nSPS) is 37.9. The van der Waals surface area contributed by atoms with E-state index in [-0.39, 0.29) is 29.5 Å². The lowest BCUT2D eigenvalue weighted by molar-refractivity contribution is -0.199. The van der Waals surface area contributed by atoms with Gasteiger partial charge >= 0.3 is 7.12 Å². The summed E-state index contributed by atoms with van der Waals surface area (Å²) in [5.74, 6) is 1.29. The molecule has 7 heteroatoms. The minimum absolute atomic E-state index is 0.114. The second kappa shape index (κ2) is 7.01. The molecule has 0 aromatic heterocycles. The third-order valence-electron chi connectivity index (χ3n) is 8.25. The van der Waals surface area contributed by atoms with Gasteiger partial charge in [-0.2, -0.15) is 0 Å². The van der Waals surface area contributed by atoms with Gasteiger partial charge in [-0.05, 0) is 56.3 Å². The summed E-state index contributed by atoms with van der Waals surface area (Å²) >= 11 is 0. The first kappa shape index (κ1) is 20.2. The molecular formula is C21H35BN2O4. The van der Waals surface area contributed by atoms with E-state index in [1.165, 1.54) is 32.6 Å². The first-order valence-corrected chi connectivity index (χ1v) is 11.0. The lowest BCUT2D eigenvalue weighted by atomic mass is 9.43. The largest absolute Gasteiger partial charge is 0.481 e. The Morgan fingerprint density at radius 2 is 1.89 bits per heavy atom. The van der Waals surface area contributed by atoms with Gasteiger partial charge < -0.3 is 19.9 Å². The Kier molecular flexibility index (Phi) is 5.06. The molecule has 4 saturated carbocycles. The smallest absolute Gasteiger partial charge is 0.404 e. The molecule has 1 aliphatic heterocycles. The zero-order valence-electron chi connectivity index (χ0n) is 17.9. The van der Waals surface area contributed by atoms with Crippen molar-refractivity contribution >= 4 is 18.9 Å². The molecule has 4 aliphatic carbocycles. The number of amides is 2. The number of rotatable bonds is 6. The molecule has 2 N–H and O–H groups in total. The van der Waals surface area contributed by atoms with Crippen molar-refractivity contribution in [2.45, 2.75) is 96.8 Å². The summed E-state index contributed by atoms with van der Waals surface area (Å²) in [5, 5.41) is 5.80. The number of carbonyl (C=O) groups is 2.